The molecule has 3 aromatic rings. The predicted molar refractivity (Wildman–Crippen MR) is 79.0 cm³/mol. The number of hydrogen-bond donors (Lipinski definition) is 0. The van der Waals surface area contributed by atoms with Crippen LogP contribution in [0.2, 0.25) is 0 Å². The summed E-state index contributed by atoms with van der Waals surface area (Å²) < 4.78 is 6.87. The number of para-hydroxylation sites is 1. The summed E-state index contributed by atoms with van der Waals surface area (Å²) in [6.45, 7) is 0. The molecule has 4 heteroatoms. The van der Waals surface area contributed by atoms with E-state index in [1.807, 2.05) is 48.5 Å². The molecular weight excluding hydrogens is 270 g/mol. The van der Waals surface area contributed by atoms with E-state index in [1.54, 1.807) is 0 Å². The molecule has 0 unspecified atom stereocenters. The van der Waals surface area contributed by atoms with Crippen molar-refractivity contribution in [1.29, 1.82) is 0 Å². The first-order valence-electron chi connectivity index (χ1n) is 6.20. The maximum atomic E-state index is 11.9. The molecule has 96 valence electrons. The molecule has 1 aromatic heterocycles. The summed E-state index contributed by atoms with van der Waals surface area (Å²) in [4.78, 5) is 16.3. The highest BCUT2D eigenvalue weighted by Gasteiger charge is 2.23. The van der Waals surface area contributed by atoms with Crippen molar-refractivity contribution in [3.05, 3.63) is 65.7 Å². The second-order valence-electron chi connectivity index (χ2n) is 4.47. The third kappa shape index (κ3) is 1.73. The molecule has 20 heavy (non-hydrogen) atoms. The van der Waals surface area contributed by atoms with Crippen molar-refractivity contribution in [2.24, 2.45) is 0 Å². The van der Waals surface area contributed by atoms with Crippen LogP contribution in [0.3, 0.4) is 0 Å². The van der Waals surface area contributed by atoms with Crippen LogP contribution >= 0.6 is 11.3 Å². The summed E-state index contributed by atoms with van der Waals surface area (Å²) >= 11 is 1.47. The van der Waals surface area contributed by atoms with Crippen LogP contribution in [0.1, 0.15) is 15.9 Å². The first-order valence-corrected chi connectivity index (χ1v) is 7.02. The van der Waals surface area contributed by atoms with Gasteiger partial charge in [0, 0.05) is 17.2 Å². The maximum absolute atomic E-state index is 11.9. The van der Waals surface area contributed by atoms with Crippen LogP contribution in [0.25, 0.3) is 16.0 Å². The Morgan fingerprint density at radius 3 is 2.55 bits per heavy atom. The van der Waals surface area contributed by atoms with Gasteiger partial charge in [-0.1, -0.05) is 47.7 Å². The van der Waals surface area contributed by atoms with Crippen molar-refractivity contribution in [1.82, 2.24) is 4.98 Å². The highest BCUT2D eigenvalue weighted by Crippen LogP contribution is 2.33. The Labute approximate surface area is 119 Å². The average Bonchev–Trinajstić information content (AvgIpc) is 3.01. The van der Waals surface area contributed by atoms with Gasteiger partial charge in [-0.25, -0.2) is 4.98 Å². The van der Waals surface area contributed by atoms with Gasteiger partial charge in [0.05, 0.1) is 10.2 Å². The molecule has 2 aromatic carbocycles. The SMILES string of the molecule is O=C1C=C(Oc2nc3ccccc3s2)c2ccccc21. The number of ketones is 1. The average molecular weight is 279 g/mol. The largest absolute Gasteiger partial charge is 0.430 e. The van der Waals surface area contributed by atoms with E-state index in [0.717, 1.165) is 15.8 Å². The molecule has 0 saturated carbocycles. The van der Waals surface area contributed by atoms with Crippen LogP contribution in [0, 0.1) is 0 Å². The Kier molecular flexibility index (Phi) is 2.44. The van der Waals surface area contributed by atoms with Gasteiger partial charge in [0.25, 0.3) is 5.19 Å². The zero-order valence-corrected chi connectivity index (χ0v) is 11.2. The number of ether oxygens (including phenoxy) is 1. The van der Waals surface area contributed by atoms with Gasteiger partial charge in [-0.2, -0.15) is 0 Å². The minimum atomic E-state index is -0.0169. The van der Waals surface area contributed by atoms with E-state index < -0.39 is 0 Å². The number of carbonyl (C=O) groups excluding carboxylic acids is 1. The van der Waals surface area contributed by atoms with Crippen molar-refractivity contribution in [2.45, 2.75) is 0 Å². The van der Waals surface area contributed by atoms with Crippen molar-refractivity contribution < 1.29 is 9.53 Å². The van der Waals surface area contributed by atoms with E-state index >= 15 is 0 Å². The summed E-state index contributed by atoms with van der Waals surface area (Å²) in [5, 5.41) is 0.557. The monoisotopic (exact) mass is 279 g/mol. The third-order valence-electron chi connectivity index (χ3n) is 3.19. The summed E-state index contributed by atoms with van der Waals surface area (Å²) in [6, 6.07) is 15.3. The molecule has 1 aliphatic carbocycles. The van der Waals surface area contributed by atoms with E-state index in [4.69, 9.17) is 4.74 Å². The van der Waals surface area contributed by atoms with Crippen LogP contribution < -0.4 is 4.74 Å². The van der Waals surface area contributed by atoms with Crippen molar-refractivity contribution in [2.75, 3.05) is 0 Å². The number of allylic oxidation sites excluding steroid dienone is 1. The number of benzene rings is 2. The number of carbonyl (C=O) groups is 1. The number of fused-ring (bicyclic) bond motifs is 2. The number of rotatable bonds is 2. The van der Waals surface area contributed by atoms with Gasteiger partial charge in [-0.15, -0.1) is 0 Å². The summed E-state index contributed by atoms with van der Waals surface area (Å²) in [6.07, 6.45) is 1.52. The normalized spacial score (nSPS) is 13.4. The second kappa shape index (κ2) is 4.28. The lowest BCUT2D eigenvalue weighted by Crippen LogP contribution is -1.93. The molecule has 0 fully saturated rings. The van der Waals surface area contributed by atoms with E-state index in [1.165, 1.54) is 17.4 Å². The van der Waals surface area contributed by atoms with Crippen molar-refractivity contribution >= 4 is 33.1 Å². The Hall–Kier alpha value is -2.46. The van der Waals surface area contributed by atoms with Gasteiger partial charge >= 0.3 is 0 Å². The molecule has 4 rings (SSSR count). The lowest BCUT2D eigenvalue weighted by molar-refractivity contribution is 0.104. The number of aromatic nitrogens is 1. The number of nitrogens with zero attached hydrogens (tertiary/aromatic N) is 1. The molecule has 0 atom stereocenters. The molecule has 0 bridgehead atoms. The first kappa shape index (κ1) is 11.4. The van der Waals surface area contributed by atoms with Gasteiger partial charge in [0.1, 0.15) is 5.76 Å². The molecule has 0 spiro atoms. The molecule has 0 aliphatic heterocycles. The van der Waals surface area contributed by atoms with Gasteiger partial charge in [0.2, 0.25) is 0 Å². The van der Waals surface area contributed by atoms with Crippen LogP contribution in [0.4, 0.5) is 0 Å². The molecule has 0 N–H and O–H groups in total. The minimum Gasteiger partial charge on any atom is -0.430 e. The Morgan fingerprint density at radius 2 is 1.70 bits per heavy atom. The topological polar surface area (TPSA) is 39.2 Å². The Morgan fingerprint density at radius 1 is 0.950 bits per heavy atom. The van der Waals surface area contributed by atoms with Gasteiger partial charge in [0.15, 0.2) is 5.78 Å². The van der Waals surface area contributed by atoms with Gasteiger partial charge < -0.3 is 4.74 Å². The maximum Gasteiger partial charge on any atom is 0.279 e. The van der Waals surface area contributed by atoms with Crippen LogP contribution in [-0.2, 0) is 0 Å². The third-order valence-corrected chi connectivity index (χ3v) is 4.11. The lowest BCUT2D eigenvalue weighted by Gasteiger charge is -2.03. The first-order chi connectivity index (χ1) is 9.81. The Bertz CT molecular complexity index is 831. The molecule has 1 heterocycles. The second-order valence-corrected chi connectivity index (χ2v) is 5.46. The fourth-order valence-corrected chi connectivity index (χ4v) is 3.09. The smallest absolute Gasteiger partial charge is 0.279 e. The fraction of sp³-hybridized carbons (Fsp3) is 0. The zero-order chi connectivity index (χ0) is 13.5. The fourth-order valence-electron chi connectivity index (χ4n) is 2.26. The predicted octanol–water partition coefficient (Wildman–Crippen LogP) is 3.91. The molecule has 1 aliphatic rings. The van der Waals surface area contributed by atoms with Crippen molar-refractivity contribution in [3.8, 4) is 5.19 Å². The highest BCUT2D eigenvalue weighted by atomic mass is 32.1. The van der Waals surface area contributed by atoms with E-state index in [0.29, 0.717) is 16.5 Å². The summed E-state index contributed by atoms with van der Waals surface area (Å²) in [5.74, 6) is 0.557. The van der Waals surface area contributed by atoms with E-state index in [9.17, 15) is 4.79 Å². The summed E-state index contributed by atoms with van der Waals surface area (Å²) in [7, 11) is 0. The van der Waals surface area contributed by atoms with Crippen LogP contribution in [0.5, 0.6) is 5.19 Å². The lowest BCUT2D eigenvalue weighted by atomic mass is 10.1. The van der Waals surface area contributed by atoms with E-state index in [-0.39, 0.29) is 5.78 Å². The molecule has 0 radical (unpaired) electrons. The number of thiazole rings is 1. The molecule has 3 nitrogen and oxygen atoms in total. The highest BCUT2D eigenvalue weighted by molar-refractivity contribution is 7.20. The quantitative estimate of drug-likeness (QED) is 0.714. The number of hydrogen-bond acceptors (Lipinski definition) is 4. The minimum absolute atomic E-state index is 0.0169. The van der Waals surface area contributed by atoms with Crippen LogP contribution in [0.15, 0.2) is 54.6 Å². The Balaban J connectivity index is 1.73. The molecule has 0 saturated heterocycles. The van der Waals surface area contributed by atoms with Gasteiger partial charge in [-0.3, -0.25) is 4.79 Å². The van der Waals surface area contributed by atoms with Crippen LogP contribution in [-0.4, -0.2) is 10.8 Å². The zero-order valence-electron chi connectivity index (χ0n) is 10.4. The molecule has 0 amide bonds. The van der Waals surface area contributed by atoms with Gasteiger partial charge in [-0.05, 0) is 12.1 Å². The van der Waals surface area contributed by atoms with Crippen molar-refractivity contribution in [3.63, 3.8) is 0 Å². The summed E-state index contributed by atoms with van der Waals surface area (Å²) in [5.41, 5.74) is 2.42. The van der Waals surface area contributed by atoms with E-state index in [2.05, 4.69) is 4.98 Å². The standard InChI is InChI=1S/C16H9NO2S/c18-13-9-14(11-6-2-1-5-10(11)13)19-16-17-12-7-3-4-8-15(12)20-16/h1-9H. The molecular formula is C16H9NO2S.